The summed E-state index contributed by atoms with van der Waals surface area (Å²) in [6.07, 6.45) is 0.240. The van der Waals surface area contributed by atoms with E-state index < -0.39 is 90.1 Å². The zero-order valence-corrected chi connectivity index (χ0v) is 34.8. The summed E-state index contributed by atoms with van der Waals surface area (Å²) in [5, 5.41) is 16.1. The number of carbonyl (C=O) groups is 8. The molecule has 1 aliphatic heterocycles. The van der Waals surface area contributed by atoms with E-state index in [-0.39, 0.29) is 49.5 Å². The van der Waals surface area contributed by atoms with Crippen molar-refractivity contribution >= 4 is 68.8 Å². The summed E-state index contributed by atoms with van der Waals surface area (Å²) in [6, 6.07) is 11.0. The normalized spacial score (nSPS) is 22.4. The summed E-state index contributed by atoms with van der Waals surface area (Å²) >= 11 is 0. The van der Waals surface area contributed by atoms with Crippen molar-refractivity contribution < 1.29 is 38.4 Å². The summed E-state index contributed by atoms with van der Waals surface area (Å²) in [6.45, 7) is 3.16. The number of rotatable bonds is 13. The summed E-state index contributed by atoms with van der Waals surface area (Å²) in [5.41, 5.74) is 12.4. The maximum Gasteiger partial charge on any atom is 0.244 e. The molecule has 58 heavy (non-hydrogen) atoms. The van der Waals surface area contributed by atoms with Crippen LogP contribution >= 0.6 is 21.6 Å². The number of likely N-dealkylation sites (N-methyl/N-ethyl adjacent to an activating group) is 1. The number of amides is 8. The Morgan fingerprint density at radius 1 is 0.741 bits per heavy atom. The van der Waals surface area contributed by atoms with E-state index >= 15 is 0 Å². The van der Waals surface area contributed by atoms with Gasteiger partial charge in [0.15, 0.2) is 0 Å². The molecule has 19 heteroatoms. The number of nitrogens with zero attached hydrogens (tertiary/aromatic N) is 1. The van der Waals surface area contributed by atoms with Gasteiger partial charge < -0.3 is 43.4 Å². The zero-order valence-electron chi connectivity index (χ0n) is 33.2. The highest BCUT2D eigenvalue weighted by molar-refractivity contribution is 8.76. The molecule has 2 aromatic rings. The van der Waals surface area contributed by atoms with E-state index in [0.717, 1.165) is 21.6 Å². The van der Waals surface area contributed by atoms with Crippen LogP contribution in [0.5, 0.6) is 0 Å². The lowest BCUT2D eigenvalue weighted by Gasteiger charge is -2.28. The molecule has 6 atom stereocenters. The van der Waals surface area contributed by atoms with Crippen molar-refractivity contribution in [2.75, 3.05) is 32.1 Å². The van der Waals surface area contributed by atoms with Crippen LogP contribution < -0.4 is 43.4 Å². The summed E-state index contributed by atoms with van der Waals surface area (Å²) in [5.74, 6) is -5.64. The van der Waals surface area contributed by atoms with Gasteiger partial charge in [-0.15, -0.1) is 0 Å². The fourth-order valence-corrected chi connectivity index (χ4v) is 8.30. The largest absolute Gasteiger partial charge is 0.370 e. The number of hydrogen-bond acceptors (Lipinski definition) is 11. The first kappa shape index (κ1) is 47.2. The van der Waals surface area contributed by atoms with E-state index in [1.165, 1.54) is 0 Å². The van der Waals surface area contributed by atoms with Gasteiger partial charge in [-0.25, -0.2) is 0 Å². The molecule has 1 aliphatic rings. The molecule has 10 N–H and O–H groups in total. The number of hydrogen-bond donors (Lipinski definition) is 8. The summed E-state index contributed by atoms with van der Waals surface area (Å²) in [4.78, 5) is 108. The second-order valence-corrected chi connectivity index (χ2v) is 17.1. The van der Waals surface area contributed by atoms with Gasteiger partial charge in [-0.2, -0.15) is 0 Å². The predicted octanol–water partition coefficient (Wildman–Crippen LogP) is -0.866. The minimum atomic E-state index is -1.24. The van der Waals surface area contributed by atoms with E-state index in [9.17, 15) is 38.4 Å². The van der Waals surface area contributed by atoms with Crippen LogP contribution in [-0.2, 0) is 51.2 Å². The minimum absolute atomic E-state index is 0.0131. The molecule has 0 saturated carbocycles. The lowest BCUT2D eigenvalue weighted by molar-refractivity contribution is -0.134. The van der Waals surface area contributed by atoms with Gasteiger partial charge >= 0.3 is 0 Å². The Bertz CT molecular complexity index is 1740. The van der Waals surface area contributed by atoms with Crippen LogP contribution in [-0.4, -0.2) is 121 Å². The fraction of sp³-hybridized carbons (Fsp3) is 0.487. The molecule has 0 unspecified atom stereocenters. The molecule has 0 radical (unpaired) electrons. The first-order valence-corrected chi connectivity index (χ1v) is 21.4. The monoisotopic (exact) mass is 841 g/mol. The van der Waals surface area contributed by atoms with Crippen molar-refractivity contribution in [1.29, 1.82) is 0 Å². The fourth-order valence-electron chi connectivity index (χ4n) is 5.95. The maximum atomic E-state index is 14.2. The van der Waals surface area contributed by atoms with Crippen LogP contribution in [0.15, 0.2) is 60.7 Å². The first-order valence-electron chi connectivity index (χ1n) is 18.9. The molecule has 0 aromatic heterocycles. The highest BCUT2D eigenvalue weighted by Gasteiger charge is 2.33. The Kier molecular flexibility index (Phi) is 19.5. The Labute approximate surface area is 346 Å². The first-order chi connectivity index (χ1) is 27.5. The third kappa shape index (κ3) is 16.4. The second kappa shape index (κ2) is 23.9. The molecule has 316 valence electrons. The third-order valence-electron chi connectivity index (χ3n) is 9.05. The lowest BCUT2D eigenvalue weighted by atomic mass is 10.0. The Morgan fingerprint density at radius 3 is 1.81 bits per heavy atom. The number of nitrogens with two attached hydrogens (primary N) is 2. The van der Waals surface area contributed by atoms with Gasteiger partial charge in [-0.1, -0.05) is 96.1 Å². The molecule has 2 aromatic carbocycles. The predicted molar refractivity (Wildman–Crippen MR) is 222 cm³/mol. The summed E-state index contributed by atoms with van der Waals surface area (Å²) in [7, 11) is 5.50. The lowest BCUT2D eigenvalue weighted by Crippen LogP contribution is -2.59. The summed E-state index contributed by atoms with van der Waals surface area (Å²) < 4.78 is 0. The second-order valence-electron chi connectivity index (χ2n) is 14.5. The van der Waals surface area contributed by atoms with E-state index in [1.807, 2.05) is 13.8 Å². The number of carbonyl (C=O) groups excluding carboxylic acids is 8. The average molecular weight is 842 g/mol. The van der Waals surface area contributed by atoms with Crippen LogP contribution in [0.4, 0.5) is 0 Å². The molecule has 0 bridgehead atoms. The van der Waals surface area contributed by atoms with Gasteiger partial charge in [0.25, 0.3) is 0 Å². The van der Waals surface area contributed by atoms with Crippen LogP contribution in [0, 0.1) is 5.92 Å². The molecule has 17 nitrogen and oxygen atoms in total. The topological polar surface area (TPSA) is 264 Å². The van der Waals surface area contributed by atoms with E-state index in [4.69, 9.17) is 11.5 Å². The van der Waals surface area contributed by atoms with Crippen LogP contribution in [0.25, 0.3) is 0 Å². The highest BCUT2D eigenvalue weighted by Crippen LogP contribution is 2.24. The maximum absolute atomic E-state index is 14.2. The van der Waals surface area contributed by atoms with E-state index in [2.05, 4.69) is 31.9 Å². The van der Waals surface area contributed by atoms with Crippen molar-refractivity contribution in [3.05, 3.63) is 71.8 Å². The molecular weight excluding hydrogens is 787 g/mol. The van der Waals surface area contributed by atoms with Crippen molar-refractivity contribution in [1.82, 2.24) is 36.8 Å². The van der Waals surface area contributed by atoms with Crippen LogP contribution in [0.2, 0.25) is 0 Å². The van der Waals surface area contributed by atoms with Gasteiger partial charge in [0.1, 0.15) is 30.2 Å². The van der Waals surface area contributed by atoms with E-state index in [1.54, 1.807) is 79.7 Å². The number of benzene rings is 2. The van der Waals surface area contributed by atoms with Crippen molar-refractivity contribution in [2.45, 2.75) is 82.2 Å². The average Bonchev–Trinajstić information content (AvgIpc) is 3.16. The highest BCUT2D eigenvalue weighted by atomic mass is 33.1. The molecule has 1 saturated heterocycles. The standard InChI is InChI=1S/C39H55N9O8S2/c1-23(2)17-26-36(53)46-29(34(41)51)21-57-58-22-30(47-39(56)31(48(3)4)15-16-32(40)49)38(55)45-28(19-25-13-9-6-10-14-25)37(54)44-27(18-24-11-7-5-8-12-24)35(52)42-20-33(50)43-26/h5-14,23,26-31H,15-22H2,1-4H3,(H2,40,49)(H2,41,51)(H,42,52)(H,43,50)(H,44,54)(H,45,55)(H,46,53)(H,47,56)/t26-,27-,28+,29-,30+,31-/m1/s1. The Morgan fingerprint density at radius 2 is 1.28 bits per heavy atom. The SMILES string of the molecule is CC(C)C[C@H]1NC(=O)CNC(=O)[C@@H](Cc2ccccc2)NC(=O)[C@H](Cc2ccccc2)NC(=O)[C@@H](NC(=O)[C@@H](CCC(N)=O)N(C)C)CSSC[C@H](C(N)=O)NC1=O. The molecule has 3 rings (SSSR count). The number of nitrogens with one attached hydrogen (secondary N) is 6. The molecular formula is C39H55N9O8S2. The smallest absolute Gasteiger partial charge is 0.244 e. The van der Waals surface area contributed by atoms with Gasteiger partial charge in [0.05, 0.1) is 12.6 Å². The molecule has 0 aliphatic carbocycles. The van der Waals surface area contributed by atoms with Gasteiger partial charge in [0.2, 0.25) is 47.3 Å². The molecule has 1 heterocycles. The van der Waals surface area contributed by atoms with Gasteiger partial charge in [0, 0.05) is 30.8 Å². The molecule has 1 fully saturated rings. The van der Waals surface area contributed by atoms with Crippen LogP contribution in [0.1, 0.15) is 44.2 Å². The van der Waals surface area contributed by atoms with Crippen molar-refractivity contribution in [3.63, 3.8) is 0 Å². The number of primary amides is 2. The molecule has 0 spiro atoms. The van der Waals surface area contributed by atoms with Gasteiger partial charge in [-0.05, 0) is 44.0 Å². The molecule has 8 amide bonds. The minimum Gasteiger partial charge on any atom is -0.370 e. The van der Waals surface area contributed by atoms with Crippen molar-refractivity contribution in [2.24, 2.45) is 17.4 Å². The third-order valence-corrected chi connectivity index (χ3v) is 11.5. The van der Waals surface area contributed by atoms with Crippen LogP contribution in [0.3, 0.4) is 0 Å². The zero-order chi connectivity index (χ0) is 42.8. The Hall–Kier alpha value is -5.14. The quantitative estimate of drug-likeness (QED) is 0.115. The Balaban J connectivity index is 2.04. The van der Waals surface area contributed by atoms with Gasteiger partial charge in [-0.3, -0.25) is 43.3 Å². The van der Waals surface area contributed by atoms with E-state index in [0.29, 0.717) is 11.1 Å². The van der Waals surface area contributed by atoms with Crippen molar-refractivity contribution in [3.8, 4) is 0 Å².